The molecular weight excluding hydrogens is 312 g/mol. The molecule has 0 bridgehead atoms. The molecule has 1 fully saturated rings. The quantitative estimate of drug-likeness (QED) is 0.652. The number of rotatable bonds is 4. The molecule has 108 valence electrons. The van der Waals surface area contributed by atoms with Gasteiger partial charge in [-0.1, -0.05) is 11.6 Å². The Bertz CT molecular complexity index is 683. The van der Waals surface area contributed by atoms with E-state index in [9.17, 15) is 23.3 Å². The summed E-state index contributed by atoms with van der Waals surface area (Å²) in [5.41, 5.74) is -0.400. The molecule has 1 N–H and O–H groups in total. The van der Waals surface area contributed by atoms with Crippen LogP contribution in [0.2, 0.25) is 5.02 Å². The lowest BCUT2D eigenvalue weighted by atomic mass is 10.0. The maximum absolute atomic E-state index is 12.2. The van der Waals surface area contributed by atoms with Gasteiger partial charge in [0.1, 0.15) is 4.90 Å². The second-order valence-electron chi connectivity index (χ2n) is 4.23. The second-order valence-corrected chi connectivity index (χ2v) is 6.54. The fourth-order valence-electron chi connectivity index (χ4n) is 1.73. The second kappa shape index (κ2) is 5.00. The molecule has 10 heteroatoms. The highest BCUT2D eigenvalue weighted by Gasteiger charge is 2.41. The van der Waals surface area contributed by atoms with Crippen LogP contribution in [0.1, 0.15) is 0 Å². The van der Waals surface area contributed by atoms with Gasteiger partial charge in [-0.05, 0) is 6.07 Å². The Balaban J connectivity index is 2.33. The van der Waals surface area contributed by atoms with E-state index in [-0.39, 0.29) is 18.1 Å². The van der Waals surface area contributed by atoms with Crippen molar-refractivity contribution in [3.63, 3.8) is 0 Å². The summed E-state index contributed by atoms with van der Waals surface area (Å²) in [6, 6.07) is 3.09. The molecule has 1 aliphatic rings. The van der Waals surface area contributed by atoms with Crippen LogP contribution in [0, 0.1) is 16.0 Å². The van der Waals surface area contributed by atoms with Gasteiger partial charge in [-0.25, -0.2) is 8.42 Å². The highest BCUT2D eigenvalue weighted by atomic mass is 35.5. The zero-order chi connectivity index (χ0) is 15.1. The first-order valence-corrected chi connectivity index (χ1v) is 7.22. The number of benzene rings is 1. The number of hydrogen-bond donors (Lipinski definition) is 1. The lowest BCUT2D eigenvalue weighted by Gasteiger charge is -2.35. The van der Waals surface area contributed by atoms with Crippen LogP contribution in [0.25, 0.3) is 0 Å². The standard InChI is InChI=1S/C10H9ClN2O6S/c11-8-2-1-7(13(16)17)3-9(8)20(18,19)12-4-6(5-12)10(14)15/h1-3,6H,4-5H2,(H,14,15). The number of nitro groups is 1. The maximum atomic E-state index is 12.2. The van der Waals surface area contributed by atoms with E-state index in [1.807, 2.05) is 0 Å². The van der Waals surface area contributed by atoms with Crippen molar-refractivity contribution in [1.82, 2.24) is 4.31 Å². The Kier molecular flexibility index (Phi) is 3.67. The molecule has 8 nitrogen and oxygen atoms in total. The monoisotopic (exact) mass is 320 g/mol. The average molecular weight is 321 g/mol. The van der Waals surface area contributed by atoms with Gasteiger partial charge in [0.25, 0.3) is 5.69 Å². The van der Waals surface area contributed by atoms with Crippen LogP contribution in [0.3, 0.4) is 0 Å². The van der Waals surface area contributed by atoms with Crippen LogP contribution in [0.5, 0.6) is 0 Å². The Morgan fingerprint density at radius 3 is 2.55 bits per heavy atom. The number of carboxylic acids is 1. The molecule has 1 heterocycles. The number of aliphatic carboxylic acids is 1. The van der Waals surface area contributed by atoms with Crippen molar-refractivity contribution in [2.45, 2.75) is 4.90 Å². The number of halogens is 1. The highest BCUT2D eigenvalue weighted by molar-refractivity contribution is 7.89. The predicted molar refractivity (Wildman–Crippen MR) is 68.0 cm³/mol. The summed E-state index contributed by atoms with van der Waals surface area (Å²) in [5.74, 6) is -1.84. The average Bonchev–Trinajstić information content (AvgIpc) is 2.25. The van der Waals surface area contributed by atoms with E-state index in [1.165, 1.54) is 0 Å². The van der Waals surface area contributed by atoms with Crippen LogP contribution >= 0.6 is 11.6 Å². The summed E-state index contributed by atoms with van der Waals surface area (Å²) in [4.78, 5) is 20.2. The number of hydrogen-bond acceptors (Lipinski definition) is 5. The summed E-state index contributed by atoms with van der Waals surface area (Å²) in [7, 11) is -4.02. The van der Waals surface area contributed by atoms with E-state index in [0.29, 0.717) is 0 Å². The molecule has 0 aliphatic carbocycles. The summed E-state index contributed by atoms with van der Waals surface area (Å²) >= 11 is 5.76. The Morgan fingerprint density at radius 2 is 2.05 bits per heavy atom. The number of nitrogens with zero attached hydrogens (tertiary/aromatic N) is 2. The molecule has 0 aromatic heterocycles. The van der Waals surface area contributed by atoms with Gasteiger partial charge >= 0.3 is 5.97 Å². The molecule has 0 unspecified atom stereocenters. The van der Waals surface area contributed by atoms with Crippen LogP contribution in [0.15, 0.2) is 23.1 Å². The first-order valence-electron chi connectivity index (χ1n) is 5.40. The number of sulfonamides is 1. The normalized spacial score (nSPS) is 16.6. The van der Waals surface area contributed by atoms with Crippen molar-refractivity contribution in [1.29, 1.82) is 0 Å². The van der Waals surface area contributed by atoms with E-state index in [4.69, 9.17) is 16.7 Å². The molecular formula is C10H9ClN2O6S. The summed E-state index contributed by atoms with van der Waals surface area (Å²) in [6.07, 6.45) is 0. The fourth-order valence-corrected chi connectivity index (χ4v) is 3.76. The van der Waals surface area contributed by atoms with Crippen molar-refractivity contribution in [2.24, 2.45) is 5.92 Å². The molecule has 0 spiro atoms. The third-order valence-electron chi connectivity index (χ3n) is 2.94. The van der Waals surface area contributed by atoms with Gasteiger partial charge in [-0.15, -0.1) is 0 Å². The minimum atomic E-state index is -4.02. The van der Waals surface area contributed by atoms with Crippen molar-refractivity contribution < 1.29 is 23.2 Å². The molecule has 0 atom stereocenters. The van der Waals surface area contributed by atoms with Gasteiger partial charge in [0.2, 0.25) is 10.0 Å². The molecule has 1 aromatic carbocycles. The van der Waals surface area contributed by atoms with E-state index in [0.717, 1.165) is 22.5 Å². The van der Waals surface area contributed by atoms with Crippen LogP contribution in [-0.4, -0.2) is 41.8 Å². The zero-order valence-electron chi connectivity index (χ0n) is 9.89. The lowest BCUT2D eigenvalue weighted by molar-refractivity contribution is -0.385. The third kappa shape index (κ3) is 2.47. The van der Waals surface area contributed by atoms with Crippen molar-refractivity contribution in [3.05, 3.63) is 33.3 Å². The topological polar surface area (TPSA) is 118 Å². The van der Waals surface area contributed by atoms with Gasteiger partial charge in [0.05, 0.1) is 15.9 Å². The van der Waals surface area contributed by atoms with Crippen LogP contribution < -0.4 is 0 Å². The van der Waals surface area contributed by atoms with E-state index in [1.54, 1.807) is 0 Å². The molecule has 2 rings (SSSR count). The molecule has 0 radical (unpaired) electrons. The van der Waals surface area contributed by atoms with Gasteiger partial charge in [-0.3, -0.25) is 14.9 Å². The molecule has 20 heavy (non-hydrogen) atoms. The number of carbonyl (C=O) groups is 1. The molecule has 0 saturated carbocycles. The van der Waals surface area contributed by atoms with Gasteiger partial charge in [0.15, 0.2) is 0 Å². The van der Waals surface area contributed by atoms with E-state index < -0.39 is 37.4 Å². The number of nitro benzene ring substituents is 1. The first kappa shape index (κ1) is 14.7. The molecule has 1 saturated heterocycles. The van der Waals surface area contributed by atoms with E-state index in [2.05, 4.69) is 0 Å². The molecule has 0 amide bonds. The third-order valence-corrected chi connectivity index (χ3v) is 5.25. The Labute approximate surface area is 118 Å². The minimum absolute atomic E-state index is 0.144. The summed E-state index contributed by atoms with van der Waals surface area (Å²) in [5, 5.41) is 19.2. The Morgan fingerprint density at radius 1 is 1.45 bits per heavy atom. The van der Waals surface area contributed by atoms with Crippen LogP contribution in [-0.2, 0) is 14.8 Å². The SMILES string of the molecule is O=C(O)C1CN(S(=O)(=O)c2cc([N+](=O)[O-])ccc2Cl)C1. The largest absolute Gasteiger partial charge is 0.481 e. The number of carboxylic acid groups (broad SMARTS) is 1. The highest BCUT2D eigenvalue weighted by Crippen LogP contribution is 2.32. The van der Waals surface area contributed by atoms with Crippen molar-refractivity contribution >= 4 is 33.3 Å². The zero-order valence-corrected chi connectivity index (χ0v) is 11.5. The van der Waals surface area contributed by atoms with Crippen molar-refractivity contribution in [2.75, 3.05) is 13.1 Å². The Hall–Kier alpha value is -1.71. The van der Waals surface area contributed by atoms with Gasteiger partial charge in [-0.2, -0.15) is 4.31 Å². The predicted octanol–water partition coefficient (Wildman–Crippen LogP) is 0.953. The van der Waals surface area contributed by atoms with Crippen LogP contribution in [0.4, 0.5) is 5.69 Å². The summed E-state index contributed by atoms with van der Waals surface area (Å²) < 4.78 is 25.3. The maximum Gasteiger partial charge on any atom is 0.309 e. The first-order chi connectivity index (χ1) is 9.23. The minimum Gasteiger partial charge on any atom is -0.481 e. The molecule has 1 aliphatic heterocycles. The van der Waals surface area contributed by atoms with E-state index >= 15 is 0 Å². The summed E-state index contributed by atoms with van der Waals surface area (Å²) in [6.45, 7) is -0.340. The fraction of sp³-hybridized carbons (Fsp3) is 0.300. The van der Waals surface area contributed by atoms with Crippen molar-refractivity contribution in [3.8, 4) is 0 Å². The van der Waals surface area contributed by atoms with Gasteiger partial charge < -0.3 is 5.11 Å². The van der Waals surface area contributed by atoms with Gasteiger partial charge in [0, 0.05) is 25.2 Å². The molecule has 1 aromatic rings. The smallest absolute Gasteiger partial charge is 0.309 e. The lowest BCUT2D eigenvalue weighted by Crippen LogP contribution is -2.52. The number of non-ortho nitro benzene ring substituents is 1.